The highest BCUT2D eigenvalue weighted by Crippen LogP contribution is 2.33. The molecular weight excluding hydrogens is 418 g/mol. The van der Waals surface area contributed by atoms with Crippen LogP contribution in [-0.2, 0) is 6.42 Å². The summed E-state index contributed by atoms with van der Waals surface area (Å²) in [6, 6.07) is 3.99. The van der Waals surface area contributed by atoms with Crippen molar-refractivity contribution in [2.45, 2.75) is 64.8 Å². The number of aromatic nitrogens is 1. The number of halogens is 2. The number of alkyl halides is 2. The van der Waals surface area contributed by atoms with Crippen LogP contribution in [0, 0.1) is 13.8 Å². The number of nitrogens with zero attached hydrogens (tertiary/aromatic N) is 3. The van der Waals surface area contributed by atoms with E-state index in [1.807, 2.05) is 25.2 Å². The van der Waals surface area contributed by atoms with E-state index in [0.717, 1.165) is 33.9 Å². The minimum absolute atomic E-state index is 0.173. The van der Waals surface area contributed by atoms with Crippen LogP contribution in [0.3, 0.4) is 0 Å². The molecule has 1 aliphatic carbocycles. The Morgan fingerprint density at radius 1 is 1.32 bits per heavy atom. The lowest BCUT2D eigenvalue weighted by atomic mass is 9.92. The molecule has 31 heavy (non-hydrogen) atoms. The van der Waals surface area contributed by atoms with E-state index in [1.165, 1.54) is 11.3 Å². The Bertz CT molecular complexity index is 947. The smallest absolute Gasteiger partial charge is 0.270 e. The van der Waals surface area contributed by atoms with Crippen LogP contribution in [0.5, 0.6) is 0 Å². The number of carbonyl (C=O) groups excluding carboxylic acids is 1. The molecule has 0 bridgehead atoms. The van der Waals surface area contributed by atoms with Gasteiger partial charge in [0.05, 0.1) is 17.0 Å². The van der Waals surface area contributed by atoms with Crippen LogP contribution in [0.1, 0.15) is 64.8 Å². The number of rotatable bonds is 7. The number of aryl methyl sites for hydroxylation is 2. The molecule has 1 saturated carbocycles. The van der Waals surface area contributed by atoms with Crippen LogP contribution in [0.4, 0.5) is 14.5 Å². The molecule has 0 unspecified atom stereocenters. The molecule has 1 amide bonds. The van der Waals surface area contributed by atoms with Gasteiger partial charge < -0.3 is 10.2 Å². The van der Waals surface area contributed by atoms with Crippen molar-refractivity contribution in [1.29, 1.82) is 0 Å². The molecule has 0 spiro atoms. The summed E-state index contributed by atoms with van der Waals surface area (Å²) in [7, 11) is 1.99. The molecule has 8 heteroatoms. The van der Waals surface area contributed by atoms with Crippen LogP contribution in [0.2, 0.25) is 0 Å². The molecule has 1 aliphatic rings. The number of benzene rings is 1. The highest BCUT2D eigenvalue weighted by atomic mass is 32.1. The van der Waals surface area contributed by atoms with E-state index in [2.05, 4.69) is 41.3 Å². The molecule has 1 aromatic carbocycles. The Labute approximate surface area is 186 Å². The maximum absolute atomic E-state index is 13.3. The van der Waals surface area contributed by atoms with Gasteiger partial charge in [0, 0.05) is 44.3 Å². The third-order valence-electron chi connectivity index (χ3n) is 5.73. The summed E-state index contributed by atoms with van der Waals surface area (Å²) in [5.74, 6) is -2.88. The second-order valence-electron chi connectivity index (χ2n) is 8.29. The third kappa shape index (κ3) is 6.32. The fourth-order valence-corrected chi connectivity index (χ4v) is 4.33. The molecule has 0 saturated heterocycles. The fourth-order valence-electron chi connectivity index (χ4n) is 3.54. The number of amides is 1. The van der Waals surface area contributed by atoms with E-state index in [1.54, 1.807) is 5.38 Å². The Balaban J connectivity index is 1.63. The summed E-state index contributed by atoms with van der Waals surface area (Å²) in [5.41, 5.74) is 4.66. The summed E-state index contributed by atoms with van der Waals surface area (Å²) in [4.78, 5) is 23.6. The summed E-state index contributed by atoms with van der Waals surface area (Å²) < 4.78 is 26.6. The molecule has 1 aromatic heterocycles. The lowest BCUT2D eigenvalue weighted by Gasteiger charge is -2.28. The first-order valence-electron chi connectivity index (χ1n) is 10.6. The average Bonchev–Trinajstić information content (AvgIpc) is 3.19. The van der Waals surface area contributed by atoms with Crippen molar-refractivity contribution in [3.8, 4) is 0 Å². The van der Waals surface area contributed by atoms with Crippen LogP contribution in [0.25, 0.3) is 0 Å². The Morgan fingerprint density at radius 3 is 2.71 bits per heavy atom. The fraction of sp³-hybridized carbons (Fsp3) is 0.522. The molecule has 1 heterocycles. The van der Waals surface area contributed by atoms with Crippen molar-refractivity contribution in [2.24, 2.45) is 4.99 Å². The lowest BCUT2D eigenvalue weighted by Crippen LogP contribution is -2.40. The number of aliphatic imine (C=N–C) groups is 1. The molecule has 1 fully saturated rings. The maximum atomic E-state index is 13.3. The second-order valence-corrected chi connectivity index (χ2v) is 9.23. The summed E-state index contributed by atoms with van der Waals surface area (Å²) in [5, 5.41) is 5.45. The van der Waals surface area contributed by atoms with E-state index in [4.69, 9.17) is 0 Å². The van der Waals surface area contributed by atoms with Gasteiger partial charge in [0.25, 0.3) is 5.91 Å². The van der Waals surface area contributed by atoms with E-state index in [9.17, 15) is 13.6 Å². The van der Waals surface area contributed by atoms with Crippen molar-refractivity contribution >= 4 is 29.3 Å². The van der Waals surface area contributed by atoms with Crippen molar-refractivity contribution in [3.63, 3.8) is 0 Å². The molecular formula is C23H30F2N4OS. The summed E-state index contributed by atoms with van der Waals surface area (Å²) in [6.45, 7) is 7.06. The first-order chi connectivity index (χ1) is 14.7. The number of hydrogen-bond acceptors (Lipinski definition) is 4. The number of hydrogen-bond donors (Lipinski definition) is 1. The van der Waals surface area contributed by atoms with Gasteiger partial charge in [-0.2, -0.15) is 0 Å². The Hall–Kier alpha value is -2.35. The van der Waals surface area contributed by atoms with E-state index >= 15 is 0 Å². The van der Waals surface area contributed by atoms with Crippen LogP contribution in [0.15, 0.2) is 22.5 Å². The molecule has 0 aliphatic heterocycles. The second kappa shape index (κ2) is 9.85. The van der Waals surface area contributed by atoms with Gasteiger partial charge in [-0.1, -0.05) is 6.07 Å². The molecule has 1 N–H and O–H groups in total. The predicted octanol–water partition coefficient (Wildman–Crippen LogP) is 5.27. The number of carbonyl (C=O) groups is 1. The quantitative estimate of drug-likeness (QED) is 0.464. The van der Waals surface area contributed by atoms with E-state index < -0.39 is 5.92 Å². The highest BCUT2D eigenvalue weighted by molar-refractivity contribution is 7.09. The number of thiazole rings is 1. The molecule has 2 aromatic rings. The van der Waals surface area contributed by atoms with Gasteiger partial charge in [0.2, 0.25) is 5.92 Å². The van der Waals surface area contributed by atoms with Gasteiger partial charge in [-0.15, -0.1) is 11.3 Å². The summed E-state index contributed by atoms with van der Waals surface area (Å²) >= 11 is 1.44. The third-order valence-corrected chi connectivity index (χ3v) is 6.57. The molecule has 0 radical (unpaired) electrons. The van der Waals surface area contributed by atoms with Crippen molar-refractivity contribution in [1.82, 2.24) is 15.2 Å². The summed E-state index contributed by atoms with van der Waals surface area (Å²) in [6.07, 6.45) is 2.73. The van der Waals surface area contributed by atoms with Gasteiger partial charge in [-0.25, -0.2) is 18.8 Å². The van der Waals surface area contributed by atoms with E-state index in [0.29, 0.717) is 25.0 Å². The zero-order chi connectivity index (χ0) is 22.6. The van der Waals surface area contributed by atoms with E-state index in [-0.39, 0.29) is 24.8 Å². The SMILES string of the molecule is CCN(C)C=Nc1cc(C)c(Cc2nc(C(=O)NC3CCC(F)(F)CC3)cs2)cc1C. The van der Waals surface area contributed by atoms with Crippen LogP contribution < -0.4 is 5.32 Å². The molecule has 3 rings (SSSR count). The van der Waals surface area contributed by atoms with Gasteiger partial charge in [0.15, 0.2) is 0 Å². The van der Waals surface area contributed by atoms with Crippen molar-refractivity contribution < 1.29 is 13.6 Å². The first-order valence-corrected chi connectivity index (χ1v) is 11.5. The monoisotopic (exact) mass is 448 g/mol. The Kier molecular flexibility index (Phi) is 7.41. The zero-order valence-corrected chi connectivity index (χ0v) is 19.4. The maximum Gasteiger partial charge on any atom is 0.270 e. The zero-order valence-electron chi connectivity index (χ0n) is 18.5. The Morgan fingerprint density at radius 2 is 2.03 bits per heavy atom. The van der Waals surface area contributed by atoms with Gasteiger partial charge in [0.1, 0.15) is 5.69 Å². The minimum Gasteiger partial charge on any atom is -0.366 e. The average molecular weight is 449 g/mol. The normalized spacial score (nSPS) is 16.6. The van der Waals surface area contributed by atoms with Gasteiger partial charge in [-0.05, 0) is 56.4 Å². The minimum atomic E-state index is -2.60. The standard InChI is InChI=1S/C23H30F2N4OS/c1-5-29(4)14-26-19-11-15(2)17(10-16(19)3)12-21-28-20(13-31-21)22(30)27-18-6-8-23(24,25)9-7-18/h10-11,13-14,18H,5-9,12H2,1-4H3,(H,27,30). The van der Waals surface area contributed by atoms with Gasteiger partial charge in [-0.3, -0.25) is 4.79 Å². The van der Waals surface area contributed by atoms with Crippen LogP contribution in [-0.4, -0.2) is 47.7 Å². The predicted molar refractivity (Wildman–Crippen MR) is 122 cm³/mol. The molecule has 0 atom stereocenters. The highest BCUT2D eigenvalue weighted by Gasteiger charge is 2.35. The van der Waals surface area contributed by atoms with Crippen molar-refractivity contribution in [2.75, 3.05) is 13.6 Å². The molecule has 168 valence electrons. The number of nitrogens with one attached hydrogen (secondary N) is 1. The van der Waals surface area contributed by atoms with Gasteiger partial charge >= 0.3 is 0 Å². The largest absolute Gasteiger partial charge is 0.366 e. The topological polar surface area (TPSA) is 57.6 Å². The molecule has 5 nitrogen and oxygen atoms in total. The first kappa shape index (κ1) is 23.3. The van der Waals surface area contributed by atoms with Crippen molar-refractivity contribution in [3.05, 3.63) is 44.9 Å². The van der Waals surface area contributed by atoms with Crippen LogP contribution >= 0.6 is 11.3 Å². The lowest BCUT2D eigenvalue weighted by molar-refractivity contribution is -0.0399.